The summed E-state index contributed by atoms with van der Waals surface area (Å²) < 4.78 is 4.85. The smallest absolute Gasteiger partial charge is 0.238 e. The first kappa shape index (κ1) is 35.0. The van der Waals surface area contributed by atoms with E-state index < -0.39 is 0 Å². The van der Waals surface area contributed by atoms with Crippen molar-refractivity contribution in [1.29, 1.82) is 0 Å². The Bertz CT molecular complexity index is 3240. The van der Waals surface area contributed by atoms with Crippen molar-refractivity contribution >= 4 is 137 Å². The maximum absolute atomic E-state index is 5.39. The van der Waals surface area contributed by atoms with Gasteiger partial charge in [-0.1, -0.05) is 160 Å². The SMILES string of the molecule is Bc1cc(B)c2c(c1)c1c(c(B)c(B)c3c4c(B)c(B)cc(B)c4n(-c4ccccc4)c31)n2-c1nc(-c2ccccc2)nc(-c2ccc(-c3ccccc3)cc2)n1. The first-order valence-electron chi connectivity index (χ1n) is 19.7. The molecule has 0 aliphatic heterocycles. The first-order chi connectivity index (χ1) is 27.7. The molecule has 5 nitrogen and oxygen atoms in total. The van der Waals surface area contributed by atoms with Gasteiger partial charge in [0.05, 0.1) is 16.6 Å². The lowest BCUT2D eigenvalue weighted by Crippen LogP contribution is -2.33. The van der Waals surface area contributed by atoms with Crippen molar-refractivity contribution in [3.05, 3.63) is 133 Å². The number of benzene rings is 7. The average molecular weight is 723 g/mol. The first-order valence-corrected chi connectivity index (χ1v) is 19.7. The van der Waals surface area contributed by atoms with Gasteiger partial charge in [0.2, 0.25) is 5.95 Å². The lowest BCUT2D eigenvalue weighted by Gasteiger charge is -2.15. The van der Waals surface area contributed by atoms with Crippen LogP contribution < -0.4 is 38.2 Å². The Kier molecular flexibility index (Phi) is 8.22. The molecule has 0 saturated heterocycles. The summed E-state index contributed by atoms with van der Waals surface area (Å²) >= 11 is 0. The van der Waals surface area contributed by atoms with Crippen LogP contribution in [0.5, 0.6) is 0 Å². The van der Waals surface area contributed by atoms with Crippen LogP contribution >= 0.6 is 0 Å². The lowest BCUT2D eigenvalue weighted by molar-refractivity contribution is 0.956. The summed E-state index contributed by atoms with van der Waals surface area (Å²) in [6, 6.07) is 47.1. The van der Waals surface area contributed by atoms with Crippen molar-refractivity contribution in [2.75, 3.05) is 0 Å². The highest BCUT2D eigenvalue weighted by Crippen LogP contribution is 2.39. The number of rotatable bonds is 5. The van der Waals surface area contributed by atoms with Gasteiger partial charge in [-0.3, -0.25) is 4.57 Å². The van der Waals surface area contributed by atoms with Crippen LogP contribution in [0.1, 0.15) is 0 Å². The number of fused-ring (bicyclic) bond motifs is 7. The van der Waals surface area contributed by atoms with E-state index in [0.29, 0.717) is 17.6 Å². The standard InChI is InChI=1S/C45H36B7N5/c46-27-20-29-33-41-35(34-36(50)30(47)22-32(49)40(34)56(41)28-14-8-3-9-15-28)37(51)38(52)42(33)57(39(29)31(48)21-27)45-54-43(25-12-6-2-7-13-25)53-44(55-45)26-18-16-24(17-19-26)23-10-4-1-5-11-23/h1-22H,46-52H2. The van der Waals surface area contributed by atoms with Gasteiger partial charge in [-0.05, 0) is 28.6 Å². The van der Waals surface area contributed by atoms with Gasteiger partial charge in [-0.2, -0.15) is 9.97 Å². The topological polar surface area (TPSA) is 48.5 Å². The highest BCUT2D eigenvalue weighted by Gasteiger charge is 2.28. The van der Waals surface area contributed by atoms with E-state index in [1.807, 2.05) is 24.3 Å². The fourth-order valence-electron chi connectivity index (χ4n) is 9.16. The molecule has 10 rings (SSSR count). The van der Waals surface area contributed by atoms with Crippen molar-refractivity contribution in [2.45, 2.75) is 0 Å². The van der Waals surface area contributed by atoms with Gasteiger partial charge in [-0.15, -0.1) is 0 Å². The van der Waals surface area contributed by atoms with E-state index >= 15 is 0 Å². The molecule has 3 aromatic heterocycles. The van der Waals surface area contributed by atoms with Crippen LogP contribution in [0.4, 0.5) is 0 Å². The number of nitrogens with zero attached hydrogens (tertiary/aromatic N) is 5. The summed E-state index contributed by atoms with van der Waals surface area (Å²) in [6.07, 6.45) is 0. The molecule has 0 radical (unpaired) electrons. The molecular weight excluding hydrogens is 686 g/mol. The molecule has 0 atom stereocenters. The molecule has 0 N–H and O–H groups in total. The maximum atomic E-state index is 5.39. The van der Waals surface area contributed by atoms with Crippen LogP contribution in [0.15, 0.2) is 133 Å². The molecule has 0 aliphatic carbocycles. The molecule has 10 aromatic rings. The summed E-state index contributed by atoms with van der Waals surface area (Å²) in [4.78, 5) is 15.9. The van der Waals surface area contributed by atoms with Crippen LogP contribution in [0, 0.1) is 0 Å². The summed E-state index contributed by atoms with van der Waals surface area (Å²) in [6.45, 7) is 0. The van der Waals surface area contributed by atoms with E-state index in [9.17, 15) is 0 Å². The summed E-state index contributed by atoms with van der Waals surface area (Å²) in [5.41, 5.74) is 18.8. The number of para-hydroxylation sites is 1. The monoisotopic (exact) mass is 723 g/mol. The highest BCUT2D eigenvalue weighted by molar-refractivity contribution is 6.64. The second-order valence-electron chi connectivity index (χ2n) is 15.6. The van der Waals surface area contributed by atoms with E-state index in [2.05, 4.69) is 173 Å². The van der Waals surface area contributed by atoms with E-state index in [1.54, 1.807) is 0 Å². The predicted molar refractivity (Wildman–Crippen MR) is 262 cm³/mol. The van der Waals surface area contributed by atoms with Gasteiger partial charge < -0.3 is 4.57 Å². The molecule has 0 bridgehead atoms. The van der Waals surface area contributed by atoms with Crippen LogP contribution in [-0.2, 0) is 0 Å². The second kappa shape index (κ2) is 13.4. The van der Waals surface area contributed by atoms with Crippen LogP contribution in [0.3, 0.4) is 0 Å². The van der Waals surface area contributed by atoms with Crippen molar-refractivity contribution in [2.24, 2.45) is 0 Å². The zero-order valence-electron chi connectivity index (χ0n) is 33.4. The highest BCUT2D eigenvalue weighted by atomic mass is 15.2. The van der Waals surface area contributed by atoms with Gasteiger partial charge in [-0.25, -0.2) is 4.98 Å². The third-order valence-electron chi connectivity index (χ3n) is 12.0. The molecule has 0 amide bonds. The quantitative estimate of drug-likeness (QED) is 0.212. The molecule has 0 spiro atoms. The minimum atomic E-state index is 0.602. The minimum absolute atomic E-state index is 0.602. The molecule has 0 aliphatic rings. The Hall–Kier alpha value is -6.40. The predicted octanol–water partition coefficient (Wildman–Crippen LogP) is -1.12. The summed E-state index contributed by atoms with van der Waals surface area (Å²) in [5, 5.41) is 5.04. The van der Waals surface area contributed by atoms with Gasteiger partial charge in [0.15, 0.2) is 11.6 Å². The Labute approximate surface area is 338 Å². The molecule has 3 heterocycles. The van der Waals surface area contributed by atoms with Gasteiger partial charge in [0, 0.05) is 38.5 Å². The fraction of sp³-hybridized carbons (Fsp3) is 0. The van der Waals surface area contributed by atoms with E-state index in [1.165, 1.54) is 76.4 Å². The van der Waals surface area contributed by atoms with Gasteiger partial charge in [0.1, 0.15) is 54.9 Å². The lowest BCUT2D eigenvalue weighted by atomic mass is 9.71. The van der Waals surface area contributed by atoms with Crippen LogP contribution in [-0.4, -0.2) is 79.0 Å². The Morgan fingerprint density at radius 3 is 1.54 bits per heavy atom. The Balaban J connectivity index is 1.37. The molecule has 7 aromatic carbocycles. The fourth-order valence-corrected chi connectivity index (χ4v) is 9.16. The molecule has 12 heteroatoms. The van der Waals surface area contributed by atoms with E-state index in [4.69, 9.17) is 15.0 Å². The number of hydrogen-bond acceptors (Lipinski definition) is 3. The number of hydrogen-bond donors (Lipinski definition) is 0. The second-order valence-corrected chi connectivity index (χ2v) is 15.6. The van der Waals surface area contributed by atoms with E-state index in [0.717, 1.165) is 33.4 Å². The zero-order valence-corrected chi connectivity index (χ0v) is 33.4. The van der Waals surface area contributed by atoms with Crippen molar-refractivity contribution < 1.29 is 0 Å². The molecule has 262 valence electrons. The summed E-state index contributed by atoms with van der Waals surface area (Å²) in [5.74, 6) is 1.87. The zero-order chi connectivity index (χ0) is 39.1. The van der Waals surface area contributed by atoms with Crippen molar-refractivity contribution in [3.8, 4) is 45.5 Å². The normalized spacial score (nSPS) is 11.6. The number of aromatic nitrogens is 5. The Morgan fingerprint density at radius 2 is 0.895 bits per heavy atom. The van der Waals surface area contributed by atoms with Crippen molar-refractivity contribution in [1.82, 2.24) is 24.1 Å². The maximum Gasteiger partial charge on any atom is 0.238 e. The van der Waals surface area contributed by atoms with Crippen LogP contribution in [0.25, 0.3) is 89.2 Å². The van der Waals surface area contributed by atoms with Gasteiger partial charge >= 0.3 is 0 Å². The van der Waals surface area contributed by atoms with Crippen molar-refractivity contribution in [3.63, 3.8) is 0 Å². The van der Waals surface area contributed by atoms with Crippen LogP contribution in [0.2, 0.25) is 0 Å². The van der Waals surface area contributed by atoms with Gasteiger partial charge in [0.25, 0.3) is 0 Å². The Morgan fingerprint density at radius 1 is 0.368 bits per heavy atom. The molecule has 0 saturated carbocycles. The minimum Gasteiger partial charge on any atom is -0.309 e. The average Bonchev–Trinajstić information content (AvgIpc) is 3.78. The third-order valence-corrected chi connectivity index (χ3v) is 12.0. The molecule has 57 heavy (non-hydrogen) atoms. The third kappa shape index (κ3) is 5.45. The van der Waals surface area contributed by atoms with E-state index in [-0.39, 0.29) is 0 Å². The molecule has 0 fully saturated rings. The molecular formula is C45H36B7N5. The summed E-state index contributed by atoms with van der Waals surface area (Å²) in [7, 11) is 15.8. The molecule has 0 unspecified atom stereocenters. The largest absolute Gasteiger partial charge is 0.309 e.